The molecule has 4 heteroatoms. The number of hydrogen-bond acceptors (Lipinski definition) is 2. The number of rotatable bonds is 4. The third kappa shape index (κ3) is 10.2. The third-order valence-corrected chi connectivity index (χ3v) is 1.75. The van der Waals surface area contributed by atoms with Crippen molar-refractivity contribution >= 4 is 11.9 Å². The molecule has 1 rings (SSSR count). The highest BCUT2D eigenvalue weighted by molar-refractivity contribution is 5.89. The van der Waals surface area contributed by atoms with Crippen molar-refractivity contribution in [1.82, 2.24) is 0 Å². The van der Waals surface area contributed by atoms with Gasteiger partial charge in [0.2, 0.25) is 0 Å². The van der Waals surface area contributed by atoms with Crippen molar-refractivity contribution in [3.8, 4) is 0 Å². The highest BCUT2D eigenvalue weighted by atomic mass is 16.4. The average Bonchev–Trinajstić information content (AvgIpc) is 2.29. The van der Waals surface area contributed by atoms with Gasteiger partial charge in [-0.05, 0) is 12.0 Å². The van der Waals surface area contributed by atoms with Crippen molar-refractivity contribution in [2.24, 2.45) is 0 Å². The summed E-state index contributed by atoms with van der Waals surface area (Å²) in [6.07, 6.45) is 3.56. The molecule has 2 N–H and O–H groups in total. The SMILES string of the molecule is CCCc1ccccc1.O=C(O)/C=C/C(=O)O. The van der Waals surface area contributed by atoms with Crippen LogP contribution >= 0.6 is 0 Å². The topological polar surface area (TPSA) is 74.6 Å². The molecule has 0 unspecified atom stereocenters. The number of carbonyl (C=O) groups is 2. The molecule has 0 radical (unpaired) electrons. The van der Waals surface area contributed by atoms with E-state index in [0.29, 0.717) is 12.2 Å². The summed E-state index contributed by atoms with van der Waals surface area (Å²) in [4.78, 5) is 19.1. The van der Waals surface area contributed by atoms with Gasteiger partial charge in [-0.15, -0.1) is 0 Å². The molecule has 17 heavy (non-hydrogen) atoms. The maximum Gasteiger partial charge on any atom is 0.328 e. The first-order chi connectivity index (χ1) is 8.06. The van der Waals surface area contributed by atoms with Crippen molar-refractivity contribution in [3.63, 3.8) is 0 Å². The summed E-state index contributed by atoms with van der Waals surface area (Å²) in [7, 11) is 0. The minimum Gasteiger partial charge on any atom is -0.478 e. The molecule has 0 saturated heterocycles. The number of benzene rings is 1. The van der Waals surface area contributed by atoms with Gasteiger partial charge in [-0.1, -0.05) is 43.7 Å². The van der Waals surface area contributed by atoms with E-state index in [1.807, 2.05) is 0 Å². The van der Waals surface area contributed by atoms with Gasteiger partial charge in [-0.25, -0.2) is 9.59 Å². The fraction of sp³-hybridized carbons (Fsp3) is 0.231. The van der Waals surface area contributed by atoms with Crippen LogP contribution in [0.5, 0.6) is 0 Å². The van der Waals surface area contributed by atoms with E-state index in [4.69, 9.17) is 10.2 Å². The maximum atomic E-state index is 9.55. The van der Waals surface area contributed by atoms with E-state index in [-0.39, 0.29) is 0 Å². The van der Waals surface area contributed by atoms with Gasteiger partial charge in [0.05, 0.1) is 0 Å². The molecule has 0 aliphatic heterocycles. The Morgan fingerprint density at radius 1 is 1.06 bits per heavy atom. The lowest BCUT2D eigenvalue weighted by atomic mass is 10.1. The standard InChI is InChI=1S/C9H12.C4H4O4/c1-2-6-9-7-4-3-5-8-9;5-3(6)1-2-4(7)8/h3-5,7-8H,2,6H2,1H3;1-2H,(H,5,6)(H,7,8)/b;2-1+. The molecule has 0 aliphatic rings. The van der Waals surface area contributed by atoms with Gasteiger partial charge < -0.3 is 10.2 Å². The smallest absolute Gasteiger partial charge is 0.328 e. The van der Waals surface area contributed by atoms with Crippen molar-refractivity contribution in [2.45, 2.75) is 19.8 Å². The predicted octanol–water partition coefficient (Wildman–Crippen LogP) is 2.35. The van der Waals surface area contributed by atoms with Crippen LogP contribution in [0.2, 0.25) is 0 Å². The Hall–Kier alpha value is -2.10. The van der Waals surface area contributed by atoms with Crippen LogP contribution in [0.25, 0.3) is 0 Å². The van der Waals surface area contributed by atoms with Crippen LogP contribution in [0.4, 0.5) is 0 Å². The van der Waals surface area contributed by atoms with Crippen molar-refractivity contribution in [1.29, 1.82) is 0 Å². The Bertz CT molecular complexity index is 352. The number of aliphatic carboxylic acids is 2. The van der Waals surface area contributed by atoms with E-state index in [1.54, 1.807) is 0 Å². The van der Waals surface area contributed by atoms with Crippen LogP contribution in [0, 0.1) is 0 Å². The molecule has 0 bridgehead atoms. The minimum absolute atomic E-state index is 0.558. The molecule has 1 aromatic rings. The van der Waals surface area contributed by atoms with Gasteiger partial charge in [0.1, 0.15) is 0 Å². The molecule has 0 aromatic heterocycles. The maximum absolute atomic E-state index is 9.55. The van der Waals surface area contributed by atoms with Crippen LogP contribution in [0.1, 0.15) is 18.9 Å². The molecular weight excluding hydrogens is 220 g/mol. The first kappa shape index (κ1) is 14.9. The number of carboxylic acids is 2. The number of aryl methyl sites for hydroxylation is 1. The predicted molar refractivity (Wildman–Crippen MR) is 64.8 cm³/mol. The highest BCUT2D eigenvalue weighted by Gasteiger charge is 1.88. The zero-order valence-corrected chi connectivity index (χ0v) is 9.67. The van der Waals surface area contributed by atoms with E-state index in [9.17, 15) is 9.59 Å². The molecule has 4 nitrogen and oxygen atoms in total. The average molecular weight is 236 g/mol. The fourth-order valence-electron chi connectivity index (χ4n) is 1.08. The Balaban J connectivity index is 0.000000304. The Morgan fingerprint density at radius 2 is 1.53 bits per heavy atom. The quantitative estimate of drug-likeness (QED) is 0.787. The lowest BCUT2D eigenvalue weighted by Gasteiger charge is -1.93. The fourth-order valence-corrected chi connectivity index (χ4v) is 1.08. The van der Waals surface area contributed by atoms with Crippen LogP contribution in [-0.2, 0) is 16.0 Å². The zero-order chi connectivity index (χ0) is 13.1. The molecule has 0 fully saturated rings. The van der Waals surface area contributed by atoms with Gasteiger partial charge in [0.25, 0.3) is 0 Å². The molecule has 0 spiro atoms. The lowest BCUT2D eigenvalue weighted by Crippen LogP contribution is -1.91. The molecule has 0 heterocycles. The first-order valence-electron chi connectivity index (χ1n) is 5.24. The van der Waals surface area contributed by atoms with E-state index in [0.717, 1.165) is 0 Å². The second-order valence-electron chi connectivity index (χ2n) is 3.25. The van der Waals surface area contributed by atoms with Gasteiger partial charge in [0.15, 0.2) is 0 Å². The summed E-state index contributed by atoms with van der Waals surface area (Å²) in [6.45, 7) is 2.20. The molecule has 0 aliphatic carbocycles. The summed E-state index contributed by atoms with van der Waals surface area (Å²) in [6, 6.07) is 10.6. The van der Waals surface area contributed by atoms with E-state index in [1.165, 1.54) is 18.4 Å². The third-order valence-electron chi connectivity index (χ3n) is 1.75. The van der Waals surface area contributed by atoms with E-state index in [2.05, 4.69) is 37.3 Å². The minimum atomic E-state index is -1.26. The summed E-state index contributed by atoms with van der Waals surface area (Å²) in [5.41, 5.74) is 1.44. The molecule has 92 valence electrons. The van der Waals surface area contributed by atoms with Crippen molar-refractivity contribution < 1.29 is 19.8 Å². The van der Waals surface area contributed by atoms with Crippen LogP contribution in [0.15, 0.2) is 42.5 Å². The van der Waals surface area contributed by atoms with Crippen LogP contribution in [-0.4, -0.2) is 22.2 Å². The zero-order valence-electron chi connectivity index (χ0n) is 9.67. The van der Waals surface area contributed by atoms with Gasteiger partial charge >= 0.3 is 11.9 Å². The summed E-state index contributed by atoms with van der Waals surface area (Å²) < 4.78 is 0. The Kier molecular flexibility index (Phi) is 8.02. The van der Waals surface area contributed by atoms with Crippen molar-refractivity contribution in [3.05, 3.63) is 48.0 Å². The Labute approximate surface area is 100 Å². The number of hydrogen-bond donors (Lipinski definition) is 2. The summed E-state index contributed by atoms with van der Waals surface area (Å²) in [5, 5.41) is 15.6. The van der Waals surface area contributed by atoms with Crippen LogP contribution < -0.4 is 0 Å². The van der Waals surface area contributed by atoms with E-state index >= 15 is 0 Å². The van der Waals surface area contributed by atoms with Gasteiger partial charge in [0, 0.05) is 12.2 Å². The molecule has 0 saturated carbocycles. The Morgan fingerprint density at radius 3 is 1.88 bits per heavy atom. The molecule has 0 atom stereocenters. The largest absolute Gasteiger partial charge is 0.478 e. The van der Waals surface area contributed by atoms with Gasteiger partial charge in [-0.2, -0.15) is 0 Å². The lowest BCUT2D eigenvalue weighted by molar-refractivity contribution is -0.134. The molecule has 0 amide bonds. The molecular formula is C13H16O4. The molecule has 1 aromatic carbocycles. The highest BCUT2D eigenvalue weighted by Crippen LogP contribution is 2.00. The van der Waals surface area contributed by atoms with Gasteiger partial charge in [-0.3, -0.25) is 0 Å². The number of carboxylic acid groups (broad SMARTS) is 2. The summed E-state index contributed by atoms with van der Waals surface area (Å²) in [5.74, 6) is -2.51. The monoisotopic (exact) mass is 236 g/mol. The second-order valence-corrected chi connectivity index (χ2v) is 3.25. The summed E-state index contributed by atoms with van der Waals surface area (Å²) >= 11 is 0. The van der Waals surface area contributed by atoms with Crippen LogP contribution in [0.3, 0.4) is 0 Å². The second kappa shape index (κ2) is 9.15. The van der Waals surface area contributed by atoms with E-state index < -0.39 is 11.9 Å². The van der Waals surface area contributed by atoms with Crippen molar-refractivity contribution in [2.75, 3.05) is 0 Å². The first-order valence-corrected chi connectivity index (χ1v) is 5.24. The normalized spacial score (nSPS) is 9.47.